The quantitative estimate of drug-likeness (QED) is 0.667. The molecule has 1 fully saturated rings. The zero-order valence-electron chi connectivity index (χ0n) is 16.4. The summed E-state index contributed by atoms with van der Waals surface area (Å²) in [7, 11) is 0. The second-order valence-corrected chi connectivity index (χ2v) is 9.89. The van der Waals surface area contributed by atoms with Crippen LogP contribution in [0.5, 0.6) is 0 Å². The second kappa shape index (κ2) is 9.45. The normalized spacial score (nSPS) is 16.8. The fraction of sp³-hybridized carbons (Fsp3) is 0.364. The van der Waals surface area contributed by atoms with E-state index in [9.17, 15) is 4.79 Å². The molecule has 0 saturated carbocycles. The number of nitrogens with zero attached hydrogens (tertiary/aromatic N) is 3. The van der Waals surface area contributed by atoms with Crippen molar-refractivity contribution in [2.24, 2.45) is 4.99 Å². The molecule has 2 aliphatic heterocycles. The Hall–Kier alpha value is -1.63. The Bertz CT molecular complexity index is 926. The monoisotopic (exact) mass is 445 g/mol. The molecule has 1 amide bonds. The van der Waals surface area contributed by atoms with Crippen molar-refractivity contribution in [2.75, 3.05) is 43.4 Å². The maximum Gasteiger partial charge on any atom is 0.254 e. The van der Waals surface area contributed by atoms with Gasteiger partial charge in [-0.1, -0.05) is 59.4 Å². The number of rotatable bonds is 4. The smallest absolute Gasteiger partial charge is 0.254 e. The Kier molecular flexibility index (Phi) is 6.73. The van der Waals surface area contributed by atoms with Gasteiger partial charge >= 0.3 is 0 Å². The van der Waals surface area contributed by atoms with Crippen LogP contribution in [0, 0.1) is 6.92 Å². The molecule has 2 aromatic carbocycles. The molecule has 0 N–H and O–H groups in total. The zero-order valence-corrected chi connectivity index (χ0v) is 18.8. The molecular weight excluding hydrogens is 422 g/mol. The number of halogens is 1. The first kappa shape index (κ1) is 20.6. The van der Waals surface area contributed by atoms with Crippen molar-refractivity contribution < 1.29 is 4.79 Å². The number of thioether (sulfide) groups is 2. The molecule has 2 heterocycles. The molecule has 0 radical (unpaired) electrons. The van der Waals surface area contributed by atoms with Crippen LogP contribution in [0.4, 0.5) is 5.69 Å². The highest BCUT2D eigenvalue weighted by molar-refractivity contribution is 8.38. The number of piperazine rings is 1. The molecule has 4 rings (SSSR count). The predicted molar refractivity (Wildman–Crippen MR) is 127 cm³/mol. The highest BCUT2D eigenvalue weighted by Crippen LogP contribution is 2.28. The molecule has 1 saturated heterocycles. The summed E-state index contributed by atoms with van der Waals surface area (Å²) in [6.45, 7) is 6.08. The standard InChI is InChI=1S/C22H24ClN3OS2/c1-16-6-7-18(23)14-20(16)25-9-11-26(12-10-25)21(27)19-5-3-2-4-17(19)15-29-22-24-8-13-28-22/h2-7,14H,8-13,15H2,1H3. The van der Waals surface area contributed by atoms with E-state index in [2.05, 4.69) is 28.9 Å². The van der Waals surface area contributed by atoms with Gasteiger partial charge in [-0.05, 0) is 36.2 Å². The number of benzene rings is 2. The van der Waals surface area contributed by atoms with Gasteiger partial charge in [0.05, 0.1) is 6.54 Å². The molecule has 0 aliphatic carbocycles. The third-order valence-corrected chi connectivity index (χ3v) is 7.77. The van der Waals surface area contributed by atoms with E-state index in [1.54, 1.807) is 23.5 Å². The van der Waals surface area contributed by atoms with Gasteiger partial charge in [-0.25, -0.2) is 0 Å². The lowest BCUT2D eigenvalue weighted by molar-refractivity contribution is 0.0746. The van der Waals surface area contributed by atoms with Gasteiger partial charge in [-0.2, -0.15) is 0 Å². The summed E-state index contributed by atoms with van der Waals surface area (Å²) in [5.41, 5.74) is 4.28. The van der Waals surface area contributed by atoms with Crippen molar-refractivity contribution in [1.29, 1.82) is 0 Å². The number of hydrogen-bond donors (Lipinski definition) is 0. The number of carbonyl (C=O) groups excluding carboxylic acids is 1. The maximum atomic E-state index is 13.2. The summed E-state index contributed by atoms with van der Waals surface area (Å²) in [6, 6.07) is 14.0. The van der Waals surface area contributed by atoms with E-state index in [1.807, 2.05) is 35.2 Å². The van der Waals surface area contributed by atoms with Gasteiger partial charge in [-0.15, -0.1) is 0 Å². The largest absolute Gasteiger partial charge is 0.368 e. The number of anilines is 1. The van der Waals surface area contributed by atoms with Crippen LogP contribution < -0.4 is 4.90 Å². The van der Waals surface area contributed by atoms with E-state index in [1.165, 1.54) is 5.56 Å². The van der Waals surface area contributed by atoms with Gasteiger partial charge in [0.25, 0.3) is 5.91 Å². The lowest BCUT2D eigenvalue weighted by Gasteiger charge is -2.37. The molecule has 2 aromatic rings. The van der Waals surface area contributed by atoms with Gasteiger partial charge in [-0.3, -0.25) is 9.79 Å². The van der Waals surface area contributed by atoms with Crippen molar-refractivity contribution >= 4 is 51.1 Å². The summed E-state index contributed by atoms with van der Waals surface area (Å²) in [4.78, 5) is 22.0. The van der Waals surface area contributed by atoms with Gasteiger partial charge in [0.2, 0.25) is 0 Å². The Balaban J connectivity index is 1.41. The first-order valence-electron chi connectivity index (χ1n) is 9.80. The van der Waals surface area contributed by atoms with Crippen molar-refractivity contribution in [2.45, 2.75) is 12.7 Å². The number of aryl methyl sites for hydroxylation is 1. The maximum absolute atomic E-state index is 13.2. The number of amides is 1. The van der Waals surface area contributed by atoms with E-state index >= 15 is 0 Å². The molecule has 7 heteroatoms. The summed E-state index contributed by atoms with van der Waals surface area (Å²) >= 11 is 9.73. The highest BCUT2D eigenvalue weighted by atomic mass is 35.5. The Morgan fingerprint density at radius 1 is 1.17 bits per heavy atom. The van der Waals surface area contributed by atoms with Gasteiger partial charge < -0.3 is 9.80 Å². The highest BCUT2D eigenvalue weighted by Gasteiger charge is 2.24. The average Bonchev–Trinajstić information content (AvgIpc) is 3.27. The number of aliphatic imine (C=N–C) groups is 1. The van der Waals surface area contributed by atoms with Crippen LogP contribution in [0.15, 0.2) is 47.5 Å². The topological polar surface area (TPSA) is 35.9 Å². The van der Waals surface area contributed by atoms with Crippen LogP contribution >= 0.6 is 35.1 Å². The second-order valence-electron chi connectivity index (χ2n) is 7.15. The molecule has 2 aliphatic rings. The fourth-order valence-electron chi connectivity index (χ4n) is 3.64. The van der Waals surface area contributed by atoms with E-state index in [4.69, 9.17) is 11.6 Å². The molecule has 29 heavy (non-hydrogen) atoms. The molecule has 0 spiro atoms. The zero-order chi connectivity index (χ0) is 20.2. The third kappa shape index (κ3) is 4.93. The number of hydrogen-bond acceptors (Lipinski definition) is 5. The fourth-order valence-corrected chi connectivity index (χ4v) is 5.82. The van der Waals surface area contributed by atoms with Crippen LogP contribution in [0.25, 0.3) is 0 Å². The molecule has 0 atom stereocenters. The molecular formula is C22H24ClN3OS2. The predicted octanol–water partition coefficient (Wildman–Crippen LogP) is 4.95. The molecule has 0 unspecified atom stereocenters. The average molecular weight is 446 g/mol. The van der Waals surface area contributed by atoms with Crippen molar-refractivity contribution in [3.05, 3.63) is 64.2 Å². The Labute approximate surface area is 185 Å². The van der Waals surface area contributed by atoms with Crippen LogP contribution in [0.2, 0.25) is 5.02 Å². The first-order valence-corrected chi connectivity index (χ1v) is 12.1. The van der Waals surface area contributed by atoms with Crippen LogP contribution in [0.1, 0.15) is 21.5 Å². The SMILES string of the molecule is Cc1ccc(Cl)cc1N1CCN(C(=O)c2ccccc2CSC2=NCCS2)CC1. The van der Waals surface area contributed by atoms with E-state index < -0.39 is 0 Å². The van der Waals surface area contributed by atoms with Gasteiger partial charge in [0, 0.05) is 54.0 Å². The van der Waals surface area contributed by atoms with Crippen molar-refractivity contribution in [3.63, 3.8) is 0 Å². The molecule has 0 aromatic heterocycles. The summed E-state index contributed by atoms with van der Waals surface area (Å²) in [6.07, 6.45) is 0. The summed E-state index contributed by atoms with van der Waals surface area (Å²) in [5, 5.41) is 0.751. The minimum atomic E-state index is 0.129. The van der Waals surface area contributed by atoms with Crippen LogP contribution in [0.3, 0.4) is 0 Å². The van der Waals surface area contributed by atoms with Crippen LogP contribution in [-0.4, -0.2) is 53.7 Å². The molecule has 0 bridgehead atoms. The lowest BCUT2D eigenvalue weighted by Crippen LogP contribution is -2.49. The number of carbonyl (C=O) groups is 1. The summed E-state index contributed by atoms with van der Waals surface area (Å²) in [5.74, 6) is 1.99. The minimum absolute atomic E-state index is 0.129. The Morgan fingerprint density at radius 2 is 1.97 bits per heavy atom. The van der Waals surface area contributed by atoms with E-state index in [0.717, 1.165) is 70.4 Å². The van der Waals surface area contributed by atoms with Gasteiger partial charge in [0.1, 0.15) is 4.38 Å². The van der Waals surface area contributed by atoms with Crippen molar-refractivity contribution in [1.82, 2.24) is 4.90 Å². The molecule has 4 nitrogen and oxygen atoms in total. The van der Waals surface area contributed by atoms with E-state index in [-0.39, 0.29) is 5.91 Å². The van der Waals surface area contributed by atoms with Crippen LogP contribution in [-0.2, 0) is 5.75 Å². The third-order valence-electron chi connectivity index (χ3n) is 5.24. The lowest BCUT2D eigenvalue weighted by atomic mass is 10.1. The minimum Gasteiger partial charge on any atom is -0.368 e. The van der Waals surface area contributed by atoms with E-state index in [0.29, 0.717) is 0 Å². The van der Waals surface area contributed by atoms with Crippen molar-refractivity contribution in [3.8, 4) is 0 Å². The first-order chi connectivity index (χ1) is 14.1. The van der Waals surface area contributed by atoms with Gasteiger partial charge in [0.15, 0.2) is 0 Å². The Morgan fingerprint density at radius 3 is 2.72 bits per heavy atom. The summed E-state index contributed by atoms with van der Waals surface area (Å²) < 4.78 is 1.14. The molecule has 152 valence electrons.